The number of rotatable bonds is 5. The van der Waals surface area contributed by atoms with E-state index in [2.05, 4.69) is 52.6 Å². The summed E-state index contributed by atoms with van der Waals surface area (Å²) >= 11 is 1.63. The van der Waals surface area contributed by atoms with Gasteiger partial charge in [-0.25, -0.2) is 4.98 Å². The Balaban J connectivity index is 2.23. The molecule has 0 aliphatic carbocycles. The van der Waals surface area contributed by atoms with Crippen molar-refractivity contribution in [3.8, 4) is 0 Å². The van der Waals surface area contributed by atoms with Crippen LogP contribution in [-0.2, 0) is 0 Å². The molecule has 5 nitrogen and oxygen atoms in total. The second kappa shape index (κ2) is 5.49. The summed E-state index contributed by atoms with van der Waals surface area (Å²) in [5.41, 5.74) is 0. The van der Waals surface area contributed by atoms with Gasteiger partial charge < -0.3 is 15.5 Å². The quantitative estimate of drug-likeness (QED) is 0.867. The van der Waals surface area contributed by atoms with Gasteiger partial charge in [0.1, 0.15) is 10.6 Å². The van der Waals surface area contributed by atoms with Gasteiger partial charge in [0, 0.05) is 19.6 Å². The maximum Gasteiger partial charge on any atom is 0.225 e. The summed E-state index contributed by atoms with van der Waals surface area (Å²) < 4.78 is 0. The zero-order valence-corrected chi connectivity index (χ0v) is 12.0. The van der Waals surface area contributed by atoms with Crippen molar-refractivity contribution in [2.75, 3.05) is 38.3 Å². The van der Waals surface area contributed by atoms with Crippen molar-refractivity contribution < 1.29 is 0 Å². The number of thiophene rings is 1. The van der Waals surface area contributed by atoms with E-state index in [-0.39, 0.29) is 0 Å². The van der Waals surface area contributed by atoms with E-state index in [1.54, 1.807) is 11.3 Å². The number of anilines is 2. The van der Waals surface area contributed by atoms with Gasteiger partial charge in [0.2, 0.25) is 5.95 Å². The van der Waals surface area contributed by atoms with Gasteiger partial charge >= 0.3 is 0 Å². The summed E-state index contributed by atoms with van der Waals surface area (Å²) in [7, 11) is 5.98. The Morgan fingerprint density at radius 1 is 1.39 bits per heavy atom. The fraction of sp³-hybridized carbons (Fsp3) is 0.500. The highest BCUT2D eigenvalue weighted by molar-refractivity contribution is 7.16. The van der Waals surface area contributed by atoms with Gasteiger partial charge in [-0.1, -0.05) is 0 Å². The van der Waals surface area contributed by atoms with Gasteiger partial charge in [0.25, 0.3) is 0 Å². The average molecular weight is 265 g/mol. The molecule has 2 N–H and O–H groups in total. The summed E-state index contributed by atoms with van der Waals surface area (Å²) in [6.07, 6.45) is 0. The van der Waals surface area contributed by atoms with Gasteiger partial charge in [-0.05, 0) is 32.5 Å². The zero-order valence-electron chi connectivity index (χ0n) is 11.2. The first-order valence-electron chi connectivity index (χ1n) is 5.95. The van der Waals surface area contributed by atoms with Crippen molar-refractivity contribution in [3.05, 3.63) is 11.4 Å². The minimum Gasteiger partial charge on any atom is -0.368 e. The first-order chi connectivity index (χ1) is 8.61. The summed E-state index contributed by atoms with van der Waals surface area (Å²) in [5.74, 6) is 1.56. The van der Waals surface area contributed by atoms with Crippen molar-refractivity contribution in [1.82, 2.24) is 14.9 Å². The smallest absolute Gasteiger partial charge is 0.225 e. The number of fused-ring (bicyclic) bond motifs is 1. The number of aromatic nitrogens is 2. The minimum atomic E-state index is 0.451. The van der Waals surface area contributed by atoms with Crippen LogP contribution < -0.4 is 10.6 Å². The monoisotopic (exact) mass is 265 g/mol. The van der Waals surface area contributed by atoms with E-state index >= 15 is 0 Å². The molecule has 0 amide bonds. The molecule has 18 heavy (non-hydrogen) atoms. The molecule has 0 saturated carbocycles. The van der Waals surface area contributed by atoms with Crippen LogP contribution >= 0.6 is 11.3 Å². The molecule has 6 heteroatoms. The van der Waals surface area contributed by atoms with Crippen LogP contribution in [0.25, 0.3) is 10.2 Å². The normalized spacial score (nSPS) is 12.9. The molecule has 2 rings (SSSR count). The Hall–Kier alpha value is -1.40. The third-order valence-electron chi connectivity index (χ3n) is 3.00. The van der Waals surface area contributed by atoms with Crippen molar-refractivity contribution in [2.24, 2.45) is 0 Å². The predicted molar refractivity (Wildman–Crippen MR) is 78.6 cm³/mol. The van der Waals surface area contributed by atoms with Crippen LogP contribution in [0.4, 0.5) is 11.8 Å². The van der Waals surface area contributed by atoms with Crippen molar-refractivity contribution >= 4 is 33.3 Å². The lowest BCUT2D eigenvalue weighted by Crippen LogP contribution is -2.31. The van der Waals surface area contributed by atoms with E-state index in [1.807, 2.05) is 12.4 Å². The number of hydrogen-bond acceptors (Lipinski definition) is 6. The molecule has 0 aromatic carbocycles. The number of hydrogen-bond donors (Lipinski definition) is 2. The van der Waals surface area contributed by atoms with Crippen molar-refractivity contribution in [1.29, 1.82) is 0 Å². The van der Waals surface area contributed by atoms with Crippen LogP contribution in [0.15, 0.2) is 11.4 Å². The van der Waals surface area contributed by atoms with E-state index in [9.17, 15) is 0 Å². The number of nitrogens with zero attached hydrogens (tertiary/aromatic N) is 3. The minimum absolute atomic E-state index is 0.451. The zero-order chi connectivity index (χ0) is 13.1. The largest absolute Gasteiger partial charge is 0.368 e. The molecule has 1 unspecified atom stereocenters. The molecule has 2 heterocycles. The SMILES string of the molecule is CNc1nc(NCC(C)N(C)C)c2ccsc2n1. The van der Waals surface area contributed by atoms with Crippen LogP contribution in [0.2, 0.25) is 0 Å². The van der Waals surface area contributed by atoms with E-state index < -0.39 is 0 Å². The lowest BCUT2D eigenvalue weighted by Gasteiger charge is -2.20. The lowest BCUT2D eigenvalue weighted by atomic mass is 10.3. The molecule has 0 spiro atoms. The Morgan fingerprint density at radius 2 is 2.17 bits per heavy atom. The number of likely N-dealkylation sites (N-methyl/N-ethyl adjacent to an activating group) is 1. The molecule has 2 aromatic rings. The number of nitrogens with one attached hydrogen (secondary N) is 2. The third-order valence-corrected chi connectivity index (χ3v) is 3.80. The molecule has 0 fully saturated rings. The molecule has 0 aliphatic rings. The maximum absolute atomic E-state index is 4.48. The Kier molecular flexibility index (Phi) is 3.98. The predicted octanol–water partition coefficient (Wildman–Crippen LogP) is 2.09. The average Bonchev–Trinajstić information content (AvgIpc) is 2.83. The molecule has 1 atom stereocenters. The first kappa shape index (κ1) is 13.0. The Bertz CT molecular complexity index is 522. The van der Waals surface area contributed by atoms with Crippen LogP contribution in [0.3, 0.4) is 0 Å². The van der Waals surface area contributed by atoms with E-state index in [0.29, 0.717) is 12.0 Å². The lowest BCUT2D eigenvalue weighted by molar-refractivity contribution is 0.326. The molecular weight excluding hydrogens is 246 g/mol. The molecule has 0 radical (unpaired) electrons. The third kappa shape index (κ3) is 2.70. The first-order valence-corrected chi connectivity index (χ1v) is 6.83. The maximum atomic E-state index is 4.48. The van der Waals surface area contributed by atoms with Crippen molar-refractivity contribution in [2.45, 2.75) is 13.0 Å². The highest BCUT2D eigenvalue weighted by Gasteiger charge is 2.10. The summed E-state index contributed by atoms with van der Waals surface area (Å²) in [5, 5.41) is 9.53. The van der Waals surface area contributed by atoms with Crippen LogP contribution in [0.1, 0.15) is 6.92 Å². The molecule has 0 aliphatic heterocycles. The van der Waals surface area contributed by atoms with Crippen LogP contribution in [0.5, 0.6) is 0 Å². The fourth-order valence-electron chi connectivity index (χ4n) is 1.53. The molecular formula is C12H19N5S. The van der Waals surface area contributed by atoms with Gasteiger partial charge in [-0.15, -0.1) is 11.3 Å². The highest BCUT2D eigenvalue weighted by Crippen LogP contribution is 2.26. The molecule has 98 valence electrons. The summed E-state index contributed by atoms with van der Waals surface area (Å²) in [6.45, 7) is 3.04. The second-order valence-corrected chi connectivity index (χ2v) is 5.37. The van der Waals surface area contributed by atoms with E-state index in [0.717, 1.165) is 22.6 Å². The summed E-state index contributed by atoms with van der Waals surface area (Å²) in [6, 6.07) is 2.51. The van der Waals surface area contributed by atoms with Gasteiger partial charge in [0.15, 0.2) is 0 Å². The topological polar surface area (TPSA) is 53.1 Å². The van der Waals surface area contributed by atoms with E-state index in [1.165, 1.54) is 0 Å². The van der Waals surface area contributed by atoms with Crippen molar-refractivity contribution in [3.63, 3.8) is 0 Å². The summed E-state index contributed by atoms with van der Waals surface area (Å²) in [4.78, 5) is 12.1. The van der Waals surface area contributed by atoms with Crippen LogP contribution in [-0.4, -0.2) is 48.6 Å². The molecule has 0 bridgehead atoms. The Morgan fingerprint density at radius 3 is 2.83 bits per heavy atom. The van der Waals surface area contributed by atoms with E-state index in [4.69, 9.17) is 0 Å². The standard InChI is InChI=1S/C12H19N5S/c1-8(17(3)4)7-14-10-9-5-6-18-11(9)16-12(13-2)15-10/h5-6,8H,7H2,1-4H3,(H2,13,14,15,16). The highest BCUT2D eigenvalue weighted by atomic mass is 32.1. The molecule has 2 aromatic heterocycles. The second-order valence-electron chi connectivity index (χ2n) is 4.48. The van der Waals surface area contributed by atoms with Crippen LogP contribution in [0, 0.1) is 0 Å². The van der Waals surface area contributed by atoms with Gasteiger partial charge in [-0.2, -0.15) is 4.98 Å². The van der Waals surface area contributed by atoms with Gasteiger partial charge in [-0.3, -0.25) is 0 Å². The Labute approximate surface area is 111 Å². The molecule has 0 saturated heterocycles. The fourth-order valence-corrected chi connectivity index (χ4v) is 2.29. The van der Waals surface area contributed by atoms with Gasteiger partial charge in [0.05, 0.1) is 5.39 Å².